The Morgan fingerprint density at radius 2 is 1.93 bits per heavy atom. The summed E-state index contributed by atoms with van der Waals surface area (Å²) in [7, 11) is 0. The summed E-state index contributed by atoms with van der Waals surface area (Å²) in [6.45, 7) is 8.52. The van der Waals surface area contributed by atoms with Gasteiger partial charge in [0.15, 0.2) is 5.78 Å². The highest BCUT2D eigenvalue weighted by molar-refractivity contribution is 5.98. The number of likely N-dealkylation sites (tertiary alicyclic amines) is 1. The number of rotatable bonds is 12. The number of nitrogens with zero attached hydrogens (tertiary/aromatic N) is 4. The molecule has 3 aromatic rings. The first-order valence-electron chi connectivity index (χ1n) is 16.7. The molecule has 3 aliphatic rings. The number of hydrogen-bond acceptors (Lipinski definition) is 5. The highest BCUT2D eigenvalue weighted by Crippen LogP contribution is 2.31. The number of ether oxygens (including phenoxy) is 1. The van der Waals surface area contributed by atoms with Gasteiger partial charge in [-0.25, -0.2) is 4.98 Å². The lowest BCUT2D eigenvalue weighted by Crippen LogP contribution is -2.37. The van der Waals surface area contributed by atoms with Crippen LogP contribution in [0.3, 0.4) is 0 Å². The van der Waals surface area contributed by atoms with Crippen LogP contribution in [0.15, 0.2) is 53.2 Å². The second kappa shape index (κ2) is 14.1. The van der Waals surface area contributed by atoms with Crippen molar-refractivity contribution in [2.45, 2.75) is 97.2 Å². The monoisotopic (exact) mass is 590 g/mol. The molecule has 2 fully saturated rings. The molecule has 2 aromatic carbocycles. The van der Waals surface area contributed by atoms with Crippen LogP contribution in [0.25, 0.3) is 11.0 Å². The normalized spacial score (nSPS) is 18.1. The minimum atomic E-state index is 0.194. The number of Topliss-reactive ketones (excluding diaryl/α,β-unsaturated/α-hetero) is 1. The third-order valence-corrected chi connectivity index (χ3v) is 9.81. The predicted octanol–water partition coefficient (Wildman–Crippen LogP) is 7.45. The van der Waals surface area contributed by atoms with Crippen LogP contribution in [0.1, 0.15) is 97.6 Å². The SMILES string of the molecule is C#Cc1ccc(CCC2=NC(COC3CCN(Cc4nc5ccc(C(=O)CC)cc5n4CC4CCC4)CC3)=CCC2)c(C)c1. The Balaban J connectivity index is 1.01. The quantitative estimate of drug-likeness (QED) is 0.162. The molecule has 230 valence electrons. The third kappa shape index (κ3) is 7.22. The van der Waals surface area contributed by atoms with Gasteiger partial charge in [0.25, 0.3) is 0 Å². The molecule has 1 saturated heterocycles. The summed E-state index contributed by atoms with van der Waals surface area (Å²) in [6, 6.07) is 12.3. The molecule has 0 atom stereocenters. The summed E-state index contributed by atoms with van der Waals surface area (Å²) in [5.41, 5.74) is 8.82. The Bertz CT molecular complexity index is 1590. The Labute approximate surface area is 262 Å². The van der Waals surface area contributed by atoms with Gasteiger partial charge in [0.2, 0.25) is 0 Å². The van der Waals surface area contributed by atoms with Crippen LogP contribution in [0, 0.1) is 25.2 Å². The maximum Gasteiger partial charge on any atom is 0.162 e. The molecule has 0 radical (unpaired) electrons. The average molecular weight is 591 g/mol. The maximum absolute atomic E-state index is 12.4. The minimum Gasteiger partial charge on any atom is -0.372 e. The molecule has 2 aliphatic heterocycles. The van der Waals surface area contributed by atoms with E-state index in [1.807, 2.05) is 25.1 Å². The van der Waals surface area contributed by atoms with Crippen molar-refractivity contribution in [3.63, 3.8) is 0 Å². The van der Waals surface area contributed by atoms with E-state index < -0.39 is 0 Å². The zero-order valence-corrected chi connectivity index (χ0v) is 26.5. The van der Waals surface area contributed by atoms with Crippen molar-refractivity contribution in [1.29, 1.82) is 0 Å². The summed E-state index contributed by atoms with van der Waals surface area (Å²) in [4.78, 5) is 25.0. The van der Waals surface area contributed by atoms with Gasteiger partial charge in [0.05, 0.1) is 36.0 Å². The van der Waals surface area contributed by atoms with Crippen molar-refractivity contribution in [1.82, 2.24) is 14.5 Å². The number of fused-ring (bicyclic) bond motifs is 1. The van der Waals surface area contributed by atoms with Crippen LogP contribution in [-0.2, 0) is 24.2 Å². The lowest BCUT2D eigenvalue weighted by Gasteiger charge is -2.32. The minimum absolute atomic E-state index is 0.194. The predicted molar refractivity (Wildman–Crippen MR) is 178 cm³/mol. The summed E-state index contributed by atoms with van der Waals surface area (Å²) < 4.78 is 8.81. The highest BCUT2D eigenvalue weighted by Gasteiger charge is 2.25. The van der Waals surface area contributed by atoms with E-state index in [1.165, 1.54) is 36.1 Å². The van der Waals surface area contributed by atoms with E-state index in [0.29, 0.717) is 13.0 Å². The number of carbonyl (C=O) groups is 1. The van der Waals surface area contributed by atoms with Crippen LogP contribution in [0.4, 0.5) is 0 Å². The molecular weight excluding hydrogens is 544 g/mol. The van der Waals surface area contributed by atoms with Crippen molar-refractivity contribution in [2.75, 3.05) is 19.7 Å². The second-order valence-corrected chi connectivity index (χ2v) is 12.9. The van der Waals surface area contributed by atoms with Gasteiger partial charge in [0, 0.05) is 42.9 Å². The number of aliphatic imine (C=N–C) groups is 1. The molecule has 3 heterocycles. The Hall–Kier alpha value is -3.53. The van der Waals surface area contributed by atoms with Gasteiger partial charge >= 0.3 is 0 Å². The smallest absolute Gasteiger partial charge is 0.162 e. The molecule has 0 amide bonds. The van der Waals surface area contributed by atoms with E-state index >= 15 is 0 Å². The van der Waals surface area contributed by atoms with E-state index in [1.54, 1.807) is 0 Å². The Morgan fingerprint density at radius 1 is 1.09 bits per heavy atom. The average Bonchev–Trinajstić information content (AvgIpc) is 3.37. The third-order valence-electron chi connectivity index (χ3n) is 9.81. The van der Waals surface area contributed by atoms with Crippen LogP contribution in [-0.4, -0.2) is 51.7 Å². The summed E-state index contributed by atoms with van der Waals surface area (Å²) in [5, 5.41) is 0. The van der Waals surface area contributed by atoms with Gasteiger partial charge in [-0.1, -0.05) is 31.4 Å². The van der Waals surface area contributed by atoms with Gasteiger partial charge < -0.3 is 9.30 Å². The van der Waals surface area contributed by atoms with E-state index in [4.69, 9.17) is 21.1 Å². The number of benzene rings is 2. The van der Waals surface area contributed by atoms with Gasteiger partial charge in [-0.05, 0) is 106 Å². The van der Waals surface area contributed by atoms with Crippen molar-refractivity contribution in [3.05, 3.63) is 76.2 Å². The molecule has 1 aromatic heterocycles. The van der Waals surface area contributed by atoms with Gasteiger partial charge in [0.1, 0.15) is 5.82 Å². The number of piperidine rings is 1. The molecule has 0 spiro atoms. The zero-order chi connectivity index (χ0) is 30.5. The van der Waals surface area contributed by atoms with Gasteiger partial charge in [-0.2, -0.15) is 0 Å². The Kier molecular flexibility index (Phi) is 9.74. The number of ketones is 1. The highest BCUT2D eigenvalue weighted by atomic mass is 16.5. The van der Waals surface area contributed by atoms with Gasteiger partial charge in [-0.15, -0.1) is 6.42 Å². The number of allylic oxidation sites excluding steroid dienone is 1. The molecule has 6 nitrogen and oxygen atoms in total. The van der Waals surface area contributed by atoms with Crippen LogP contribution >= 0.6 is 0 Å². The van der Waals surface area contributed by atoms with Crippen molar-refractivity contribution < 1.29 is 9.53 Å². The molecule has 0 unspecified atom stereocenters. The number of imidazole rings is 1. The zero-order valence-electron chi connectivity index (χ0n) is 26.5. The van der Waals surface area contributed by atoms with E-state index in [2.05, 4.69) is 46.6 Å². The van der Waals surface area contributed by atoms with Gasteiger partial charge in [-0.3, -0.25) is 14.7 Å². The van der Waals surface area contributed by atoms with Crippen LogP contribution < -0.4 is 0 Å². The number of terminal acetylenes is 1. The van der Waals surface area contributed by atoms with Crippen molar-refractivity contribution >= 4 is 22.5 Å². The fourth-order valence-electron chi connectivity index (χ4n) is 6.77. The van der Waals surface area contributed by atoms with E-state index in [0.717, 1.165) is 104 Å². The maximum atomic E-state index is 12.4. The van der Waals surface area contributed by atoms with Crippen molar-refractivity contribution in [2.24, 2.45) is 10.9 Å². The summed E-state index contributed by atoms with van der Waals surface area (Å²) in [5.74, 6) is 4.77. The number of hydrogen-bond donors (Lipinski definition) is 0. The second-order valence-electron chi connectivity index (χ2n) is 12.9. The largest absolute Gasteiger partial charge is 0.372 e. The lowest BCUT2D eigenvalue weighted by molar-refractivity contribution is 0.0159. The standard InChI is InChI=1S/C38H46N4O2/c1-4-28-12-13-30(27(3)22-28)14-16-32-10-7-11-33(39-32)26-44-34-18-20-41(21-19-34)25-38-40-35-17-15-31(37(43)5-2)23-36(35)42(38)24-29-8-6-9-29/h1,11-13,15,17,22-23,29,34H,5-10,14,16,18-21,24-26H2,2-3H3. The molecule has 1 aliphatic carbocycles. The first kappa shape index (κ1) is 30.5. The van der Waals surface area contributed by atoms with E-state index in [9.17, 15) is 4.79 Å². The summed E-state index contributed by atoms with van der Waals surface area (Å²) >= 11 is 0. The molecule has 6 rings (SSSR count). The molecule has 0 N–H and O–H groups in total. The lowest BCUT2D eigenvalue weighted by atomic mass is 9.85. The molecule has 1 saturated carbocycles. The molecular formula is C38H46N4O2. The van der Waals surface area contributed by atoms with Crippen LogP contribution in [0.2, 0.25) is 0 Å². The van der Waals surface area contributed by atoms with Crippen LogP contribution in [0.5, 0.6) is 0 Å². The topological polar surface area (TPSA) is 59.7 Å². The first-order valence-corrected chi connectivity index (χ1v) is 16.7. The molecule has 0 bridgehead atoms. The fraction of sp³-hybridized carbons (Fsp3) is 0.500. The number of aromatic nitrogens is 2. The summed E-state index contributed by atoms with van der Waals surface area (Å²) in [6.07, 6.45) is 18.6. The first-order chi connectivity index (χ1) is 21.5. The van der Waals surface area contributed by atoms with E-state index in [-0.39, 0.29) is 11.9 Å². The Morgan fingerprint density at radius 3 is 2.66 bits per heavy atom. The molecule has 6 heteroatoms. The fourth-order valence-corrected chi connectivity index (χ4v) is 6.77. The molecule has 44 heavy (non-hydrogen) atoms. The number of aryl methyl sites for hydroxylation is 2. The van der Waals surface area contributed by atoms with Crippen molar-refractivity contribution in [3.8, 4) is 12.3 Å². The number of carbonyl (C=O) groups excluding carboxylic acids is 1.